The second-order valence-electron chi connectivity index (χ2n) is 6.56. The molecule has 1 fully saturated rings. The van der Waals surface area contributed by atoms with E-state index in [9.17, 15) is 4.79 Å². The minimum Gasteiger partial charge on any atom is -0.481 e. The minimum atomic E-state index is -0.780. The van der Waals surface area contributed by atoms with Crippen molar-refractivity contribution in [1.29, 1.82) is 0 Å². The number of aryl methyl sites for hydroxylation is 1. The summed E-state index contributed by atoms with van der Waals surface area (Å²) in [6, 6.07) is 10.6. The van der Waals surface area contributed by atoms with Crippen molar-refractivity contribution in [1.82, 2.24) is 14.7 Å². The SMILES string of the molecule is O=C(O)Cc1ccc(CN2CCCCC2CCn2cccn2)cc1. The zero-order valence-electron chi connectivity index (χ0n) is 14.0. The molecule has 5 heteroatoms. The van der Waals surface area contributed by atoms with Crippen molar-refractivity contribution in [3.8, 4) is 0 Å². The van der Waals surface area contributed by atoms with Gasteiger partial charge < -0.3 is 5.11 Å². The second-order valence-corrected chi connectivity index (χ2v) is 6.56. The van der Waals surface area contributed by atoms with Crippen LogP contribution in [-0.2, 0) is 24.3 Å². The molecule has 1 atom stereocenters. The highest BCUT2D eigenvalue weighted by Crippen LogP contribution is 2.22. The van der Waals surface area contributed by atoms with Crippen molar-refractivity contribution >= 4 is 5.97 Å². The van der Waals surface area contributed by atoms with Gasteiger partial charge in [0.05, 0.1) is 6.42 Å². The van der Waals surface area contributed by atoms with E-state index in [1.54, 1.807) is 0 Å². The Labute approximate surface area is 142 Å². The van der Waals surface area contributed by atoms with Crippen LogP contribution >= 0.6 is 0 Å². The van der Waals surface area contributed by atoms with Crippen LogP contribution in [0.15, 0.2) is 42.7 Å². The van der Waals surface area contributed by atoms with E-state index >= 15 is 0 Å². The lowest BCUT2D eigenvalue weighted by atomic mass is 9.98. The van der Waals surface area contributed by atoms with Gasteiger partial charge >= 0.3 is 5.97 Å². The van der Waals surface area contributed by atoms with Gasteiger partial charge in [0.1, 0.15) is 0 Å². The molecular weight excluding hydrogens is 302 g/mol. The number of rotatable bonds is 7. The lowest BCUT2D eigenvalue weighted by Gasteiger charge is -2.36. The second kappa shape index (κ2) is 8.11. The van der Waals surface area contributed by atoms with E-state index in [-0.39, 0.29) is 6.42 Å². The summed E-state index contributed by atoms with van der Waals surface area (Å²) in [4.78, 5) is 13.3. The normalized spacial score (nSPS) is 18.6. The third-order valence-electron chi connectivity index (χ3n) is 4.76. The molecule has 0 amide bonds. The quantitative estimate of drug-likeness (QED) is 0.849. The molecule has 0 radical (unpaired) electrons. The molecule has 5 nitrogen and oxygen atoms in total. The van der Waals surface area contributed by atoms with Crippen LogP contribution in [0.3, 0.4) is 0 Å². The third-order valence-corrected chi connectivity index (χ3v) is 4.76. The topological polar surface area (TPSA) is 58.4 Å². The number of hydrogen-bond acceptors (Lipinski definition) is 3. The van der Waals surface area contributed by atoms with Crippen molar-refractivity contribution in [2.45, 2.75) is 51.2 Å². The Hall–Kier alpha value is -2.14. The van der Waals surface area contributed by atoms with Crippen molar-refractivity contribution in [3.63, 3.8) is 0 Å². The summed E-state index contributed by atoms with van der Waals surface area (Å²) in [6.07, 6.45) is 8.88. The van der Waals surface area contributed by atoms with Crippen LogP contribution < -0.4 is 0 Å². The minimum absolute atomic E-state index is 0.0937. The smallest absolute Gasteiger partial charge is 0.307 e. The molecule has 0 spiro atoms. The summed E-state index contributed by atoms with van der Waals surface area (Å²) in [6.45, 7) is 3.05. The monoisotopic (exact) mass is 327 g/mol. The van der Waals surface area contributed by atoms with Gasteiger partial charge in [-0.25, -0.2) is 0 Å². The number of carboxylic acid groups (broad SMARTS) is 1. The average Bonchev–Trinajstić information content (AvgIpc) is 3.09. The van der Waals surface area contributed by atoms with Crippen LogP contribution in [0.2, 0.25) is 0 Å². The fourth-order valence-corrected chi connectivity index (χ4v) is 3.48. The van der Waals surface area contributed by atoms with Gasteiger partial charge in [-0.2, -0.15) is 5.10 Å². The number of hydrogen-bond donors (Lipinski definition) is 1. The molecule has 128 valence electrons. The molecule has 24 heavy (non-hydrogen) atoms. The van der Waals surface area contributed by atoms with Gasteiger partial charge in [0.25, 0.3) is 0 Å². The molecule has 1 aliphatic heterocycles. The van der Waals surface area contributed by atoms with E-state index < -0.39 is 5.97 Å². The Morgan fingerprint density at radius 1 is 1.21 bits per heavy atom. The largest absolute Gasteiger partial charge is 0.481 e. The molecule has 3 rings (SSSR count). The molecule has 1 unspecified atom stereocenters. The lowest BCUT2D eigenvalue weighted by Crippen LogP contribution is -2.39. The number of carbonyl (C=O) groups is 1. The van der Waals surface area contributed by atoms with E-state index in [0.29, 0.717) is 6.04 Å². The summed E-state index contributed by atoms with van der Waals surface area (Å²) in [5, 5.41) is 13.1. The molecule has 1 N–H and O–H groups in total. The summed E-state index contributed by atoms with van der Waals surface area (Å²) in [5.74, 6) is -0.780. The summed E-state index contributed by atoms with van der Waals surface area (Å²) in [7, 11) is 0. The maximum absolute atomic E-state index is 10.8. The molecule has 2 heterocycles. The van der Waals surface area contributed by atoms with Crippen LogP contribution in [0.5, 0.6) is 0 Å². The first-order valence-corrected chi connectivity index (χ1v) is 8.72. The Bertz CT molecular complexity index is 637. The van der Waals surface area contributed by atoms with E-state index in [1.165, 1.54) is 24.8 Å². The molecular formula is C19H25N3O2. The highest BCUT2D eigenvalue weighted by molar-refractivity contribution is 5.70. The Morgan fingerprint density at radius 2 is 2.00 bits per heavy atom. The number of likely N-dealkylation sites (tertiary alicyclic amines) is 1. The third kappa shape index (κ3) is 4.68. The van der Waals surface area contributed by atoms with Crippen LogP contribution in [0.4, 0.5) is 0 Å². The Balaban J connectivity index is 1.57. The zero-order valence-corrected chi connectivity index (χ0v) is 14.0. The zero-order chi connectivity index (χ0) is 16.8. The summed E-state index contributed by atoms with van der Waals surface area (Å²) >= 11 is 0. The first-order valence-electron chi connectivity index (χ1n) is 8.72. The van der Waals surface area contributed by atoms with E-state index in [4.69, 9.17) is 5.11 Å². The molecule has 1 aromatic heterocycles. The molecule has 0 bridgehead atoms. The van der Waals surface area contributed by atoms with Gasteiger partial charge in [-0.3, -0.25) is 14.4 Å². The molecule has 0 aliphatic carbocycles. The maximum atomic E-state index is 10.8. The molecule has 1 aromatic carbocycles. The predicted molar refractivity (Wildman–Crippen MR) is 92.7 cm³/mol. The van der Waals surface area contributed by atoms with E-state index in [1.807, 2.05) is 35.3 Å². The van der Waals surface area contributed by atoms with Crippen LogP contribution in [0.1, 0.15) is 36.8 Å². The first kappa shape index (κ1) is 16.7. The number of nitrogens with zero attached hydrogens (tertiary/aromatic N) is 3. The Morgan fingerprint density at radius 3 is 2.71 bits per heavy atom. The number of aliphatic carboxylic acids is 1. The van der Waals surface area contributed by atoms with Crippen LogP contribution in [0, 0.1) is 0 Å². The number of carboxylic acids is 1. The highest BCUT2D eigenvalue weighted by Gasteiger charge is 2.22. The number of aromatic nitrogens is 2. The Kier molecular flexibility index (Phi) is 5.64. The van der Waals surface area contributed by atoms with Gasteiger partial charge in [-0.05, 0) is 43.0 Å². The van der Waals surface area contributed by atoms with Gasteiger partial charge in [-0.1, -0.05) is 30.7 Å². The van der Waals surface area contributed by atoms with E-state index in [2.05, 4.69) is 22.1 Å². The molecule has 1 saturated heterocycles. The van der Waals surface area contributed by atoms with Gasteiger partial charge in [0.2, 0.25) is 0 Å². The van der Waals surface area contributed by atoms with Crippen LogP contribution in [0.25, 0.3) is 0 Å². The maximum Gasteiger partial charge on any atom is 0.307 e. The van der Waals surface area contributed by atoms with Crippen molar-refractivity contribution < 1.29 is 9.90 Å². The summed E-state index contributed by atoms with van der Waals surface area (Å²) < 4.78 is 2.01. The van der Waals surface area contributed by atoms with E-state index in [0.717, 1.165) is 31.6 Å². The van der Waals surface area contributed by atoms with Gasteiger partial charge in [-0.15, -0.1) is 0 Å². The molecule has 2 aromatic rings. The van der Waals surface area contributed by atoms with Crippen LogP contribution in [-0.4, -0.2) is 38.3 Å². The number of piperidine rings is 1. The van der Waals surface area contributed by atoms with Gasteiger partial charge in [0, 0.05) is 31.5 Å². The average molecular weight is 327 g/mol. The standard InChI is InChI=1S/C19H25N3O2/c23-19(24)14-16-5-7-17(8-6-16)15-21-11-2-1-4-18(21)9-13-22-12-3-10-20-22/h3,5-8,10,12,18H,1-2,4,9,11,13-15H2,(H,23,24). The number of benzene rings is 1. The van der Waals surface area contributed by atoms with Crippen molar-refractivity contribution in [3.05, 3.63) is 53.9 Å². The molecule has 0 saturated carbocycles. The molecule has 1 aliphatic rings. The van der Waals surface area contributed by atoms with Gasteiger partial charge in [0.15, 0.2) is 0 Å². The fourth-order valence-electron chi connectivity index (χ4n) is 3.48. The lowest BCUT2D eigenvalue weighted by molar-refractivity contribution is -0.136. The first-order chi connectivity index (χ1) is 11.7. The van der Waals surface area contributed by atoms with Crippen molar-refractivity contribution in [2.24, 2.45) is 0 Å². The fraction of sp³-hybridized carbons (Fsp3) is 0.474. The van der Waals surface area contributed by atoms with Crippen molar-refractivity contribution in [2.75, 3.05) is 6.54 Å². The highest BCUT2D eigenvalue weighted by atomic mass is 16.4. The predicted octanol–water partition coefficient (Wildman–Crippen LogP) is 2.96. The summed E-state index contributed by atoms with van der Waals surface area (Å²) in [5.41, 5.74) is 2.12.